The van der Waals surface area contributed by atoms with Crippen LogP contribution in [0, 0.1) is 12.7 Å². The number of fused-ring (bicyclic) bond motifs is 1. The number of sulfonamides is 1. The molecule has 33 heavy (non-hydrogen) atoms. The molecule has 0 spiro atoms. The van der Waals surface area contributed by atoms with Crippen molar-refractivity contribution in [1.82, 2.24) is 14.9 Å². The third kappa shape index (κ3) is 3.85. The lowest BCUT2D eigenvalue weighted by Crippen LogP contribution is -2.34. The molecule has 0 radical (unpaired) electrons. The minimum atomic E-state index is -3.84. The molecule has 1 N–H and O–H groups in total. The van der Waals surface area contributed by atoms with Crippen LogP contribution in [-0.4, -0.2) is 35.8 Å². The number of benzene rings is 2. The highest BCUT2D eigenvalue weighted by Gasteiger charge is 2.46. The Bertz CT molecular complexity index is 1400. The topological polar surface area (TPSA) is 109 Å². The number of carbonyl (C=O) groups is 2. The number of aryl methyl sites for hydroxylation is 1. The predicted octanol–water partition coefficient (Wildman–Crippen LogP) is 3.46. The zero-order valence-corrected chi connectivity index (χ0v) is 19.3. The summed E-state index contributed by atoms with van der Waals surface area (Å²) in [5.74, 6) is -2.78. The number of nitrogens with zero attached hydrogens (tertiary/aromatic N) is 3. The molecule has 170 valence electrons. The van der Waals surface area contributed by atoms with Gasteiger partial charge in [0.25, 0.3) is 0 Å². The van der Waals surface area contributed by atoms with Gasteiger partial charge in [0, 0.05) is 11.1 Å². The Morgan fingerprint density at radius 2 is 1.88 bits per heavy atom. The first-order valence-electron chi connectivity index (χ1n) is 10.2. The molecule has 11 heteroatoms. The first kappa shape index (κ1) is 21.8. The summed E-state index contributed by atoms with van der Waals surface area (Å²) in [7, 11) is -3.84. The van der Waals surface area contributed by atoms with E-state index in [1.165, 1.54) is 35.2 Å². The van der Waals surface area contributed by atoms with Gasteiger partial charge >= 0.3 is 0 Å². The van der Waals surface area contributed by atoms with Gasteiger partial charge in [-0.05, 0) is 68.7 Å². The van der Waals surface area contributed by atoms with E-state index in [9.17, 15) is 22.4 Å². The zero-order chi connectivity index (χ0) is 23.5. The van der Waals surface area contributed by atoms with E-state index in [2.05, 4.69) is 14.9 Å². The highest BCUT2D eigenvalue weighted by atomic mass is 32.2. The van der Waals surface area contributed by atoms with Crippen molar-refractivity contribution >= 4 is 43.9 Å². The summed E-state index contributed by atoms with van der Waals surface area (Å²) >= 11 is 1.15. The van der Waals surface area contributed by atoms with Crippen LogP contribution in [0.25, 0.3) is 0 Å². The highest BCUT2D eigenvalue weighted by Crippen LogP contribution is 2.45. The Balaban J connectivity index is 1.61. The fourth-order valence-corrected chi connectivity index (χ4v) is 5.98. The van der Waals surface area contributed by atoms with Crippen LogP contribution in [0.1, 0.15) is 46.6 Å². The van der Waals surface area contributed by atoms with Crippen LogP contribution in [-0.2, 0) is 14.8 Å². The monoisotopic (exact) mass is 486 g/mol. The smallest absolute Gasteiger partial charge is 0.248 e. The van der Waals surface area contributed by atoms with E-state index in [4.69, 9.17) is 0 Å². The summed E-state index contributed by atoms with van der Waals surface area (Å²) in [4.78, 5) is 27.9. The van der Waals surface area contributed by atoms with Crippen molar-refractivity contribution < 1.29 is 22.4 Å². The van der Waals surface area contributed by atoms with Crippen LogP contribution in [0.2, 0.25) is 0 Å². The van der Waals surface area contributed by atoms with Crippen molar-refractivity contribution in [1.29, 1.82) is 0 Å². The molecule has 8 nitrogen and oxygen atoms in total. The maximum Gasteiger partial charge on any atom is 0.248 e. The van der Waals surface area contributed by atoms with Crippen molar-refractivity contribution in [2.24, 2.45) is 0 Å². The molecule has 1 aliphatic carbocycles. The maximum absolute atomic E-state index is 13.5. The van der Waals surface area contributed by atoms with Crippen molar-refractivity contribution in [3.05, 3.63) is 64.4 Å². The second kappa shape index (κ2) is 7.51. The Morgan fingerprint density at radius 1 is 1.18 bits per heavy atom. The third-order valence-electron chi connectivity index (χ3n) is 5.81. The summed E-state index contributed by atoms with van der Waals surface area (Å²) in [6.07, 6.45) is 1.50. The summed E-state index contributed by atoms with van der Waals surface area (Å²) in [5, 5.41) is 8.84. The Hall–Kier alpha value is -3.02. The number of amides is 1. The van der Waals surface area contributed by atoms with Gasteiger partial charge in [0.2, 0.25) is 21.1 Å². The van der Waals surface area contributed by atoms with Gasteiger partial charge in [-0.2, -0.15) is 0 Å². The maximum atomic E-state index is 13.5. The van der Waals surface area contributed by atoms with E-state index in [1.54, 1.807) is 6.92 Å². The Kier molecular flexibility index (Phi) is 4.96. The van der Waals surface area contributed by atoms with Crippen molar-refractivity contribution in [3.8, 4) is 0 Å². The Morgan fingerprint density at radius 3 is 2.48 bits per heavy atom. The van der Waals surface area contributed by atoms with Gasteiger partial charge in [-0.3, -0.25) is 14.5 Å². The number of Topliss-reactive ketones (excluding diaryl/α,β-unsaturated/α-hetero) is 1. The number of aromatic nitrogens is 2. The van der Waals surface area contributed by atoms with Crippen LogP contribution in [0.5, 0.6) is 0 Å². The molecule has 1 amide bonds. The molecule has 0 bridgehead atoms. The Labute approximate surface area is 193 Å². The molecule has 2 heterocycles. The van der Waals surface area contributed by atoms with Crippen LogP contribution in [0.4, 0.5) is 15.2 Å². The molecule has 2 aliphatic rings. The first-order chi connectivity index (χ1) is 15.6. The number of hydrogen-bond donors (Lipinski definition) is 1. The average molecular weight is 487 g/mol. The van der Waals surface area contributed by atoms with Crippen molar-refractivity contribution in [2.45, 2.75) is 43.0 Å². The third-order valence-corrected chi connectivity index (χ3v) is 8.27. The highest BCUT2D eigenvalue weighted by molar-refractivity contribution is 7.89. The first-order valence-corrected chi connectivity index (χ1v) is 12.5. The van der Waals surface area contributed by atoms with Gasteiger partial charge in [-0.1, -0.05) is 17.4 Å². The van der Waals surface area contributed by atoms with E-state index in [0.29, 0.717) is 10.6 Å². The van der Waals surface area contributed by atoms with Gasteiger partial charge < -0.3 is 0 Å². The van der Waals surface area contributed by atoms with E-state index < -0.39 is 39.0 Å². The van der Waals surface area contributed by atoms with Crippen LogP contribution in [0.15, 0.2) is 47.4 Å². The summed E-state index contributed by atoms with van der Waals surface area (Å²) < 4.78 is 41.9. The molecule has 1 fully saturated rings. The minimum Gasteiger partial charge on any atom is -0.293 e. The molecule has 5 rings (SSSR count). The molecule has 1 atom stereocenters. The van der Waals surface area contributed by atoms with Gasteiger partial charge in [0.1, 0.15) is 16.7 Å². The van der Waals surface area contributed by atoms with E-state index in [-0.39, 0.29) is 21.3 Å². The van der Waals surface area contributed by atoms with E-state index in [0.717, 1.165) is 36.3 Å². The predicted molar refractivity (Wildman–Crippen MR) is 120 cm³/mol. The molecule has 3 aromatic rings. The molecular formula is C22H19FN4O4S2. The number of anilines is 2. The van der Waals surface area contributed by atoms with E-state index in [1.807, 2.05) is 6.92 Å². The minimum absolute atomic E-state index is 0.0108. The van der Waals surface area contributed by atoms with Crippen molar-refractivity contribution in [2.75, 3.05) is 4.90 Å². The second-order valence-corrected chi connectivity index (χ2v) is 11.3. The summed E-state index contributed by atoms with van der Waals surface area (Å²) in [5.41, 5.74) is 0.334. The van der Waals surface area contributed by atoms with Gasteiger partial charge in [-0.15, -0.1) is 10.2 Å². The summed E-state index contributed by atoms with van der Waals surface area (Å²) in [6.45, 7) is 3.56. The lowest BCUT2D eigenvalue weighted by Gasteiger charge is -2.16. The quantitative estimate of drug-likeness (QED) is 0.422. The van der Waals surface area contributed by atoms with Crippen LogP contribution < -0.4 is 9.62 Å². The SMILES string of the molecule is Cc1nnc(N2C(=O)C(C(=O)c3ccc(F)cc3)c3ccc(S(=O)(=O)NC4(C)CC4)cc32)s1. The number of ketones is 1. The molecule has 1 aromatic heterocycles. The number of nitrogens with one attached hydrogen (secondary N) is 1. The molecule has 1 aliphatic heterocycles. The van der Waals surface area contributed by atoms with Crippen LogP contribution in [0.3, 0.4) is 0 Å². The lowest BCUT2D eigenvalue weighted by atomic mass is 9.92. The second-order valence-electron chi connectivity index (χ2n) is 8.47. The standard InChI is InChI=1S/C22H19FN4O4S2/c1-12-24-25-21(32-12)27-17-11-15(33(30,31)26-22(2)9-10-22)7-8-16(17)18(20(27)29)19(28)13-3-5-14(23)6-4-13/h3-8,11,18,26H,9-10H2,1-2H3. The van der Waals surface area contributed by atoms with Gasteiger partial charge in [-0.25, -0.2) is 17.5 Å². The molecule has 1 unspecified atom stereocenters. The summed E-state index contributed by atoms with van der Waals surface area (Å²) in [6, 6.07) is 9.20. The number of carbonyl (C=O) groups excluding carboxylic acids is 2. The van der Waals surface area contributed by atoms with Crippen molar-refractivity contribution in [3.63, 3.8) is 0 Å². The average Bonchev–Trinajstić information content (AvgIpc) is 3.19. The number of halogens is 1. The largest absolute Gasteiger partial charge is 0.293 e. The molecule has 0 saturated heterocycles. The molecule has 2 aromatic carbocycles. The van der Waals surface area contributed by atoms with E-state index >= 15 is 0 Å². The lowest BCUT2D eigenvalue weighted by molar-refractivity contribution is -0.117. The van der Waals surface area contributed by atoms with Gasteiger partial charge in [0.15, 0.2) is 5.78 Å². The van der Waals surface area contributed by atoms with Crippen LogP contribution >= 0.6 is 11.3 Å². The molecular weight excluding hydrogens is 467 g/mol. The molecule has 1 saturated carbocycles. The fourth-order valence-electron chi connectivity index (χ4n) is 3.79. The van der Waals surface area contributed by atoms with Gasteiger partial charge in [0.05, 0.1) is 10.6 Å². The zero-order valence-electron chi connectivity index (χ0n) is 17.7. The normalized spacial score (nSPS) is 18.9. The number of hydrogen-bond acceptors (Lipinski definition) is 7. The fraction of sp³-hybridized carbons (Fsp3) is 0.273. The number of rotatable bonds is 6.